The summed E-state index contributed by atoms with van der Waals surface area (Å²) < 4.78 is 6.40. The minimum atomic E-state index is 0.157. The van der Waals surface area contributed by atoms with Crippen molar-refractivity contribution in [2.45, 2.75) is 33.6 Å². The van der Waals surface area contributed by atoms with Crippen LogP contribution in [0.3, 0.4) is 0 Å². The SMILES string of the molecule is CCOc1ccc(Br)cc1C(=O)CC(C)CC. The predicted molar refractivity (Wildman–Crippen MR) is 73.7 cm³/mol. The van der Waals surface area contributed by atoms with Crippen molar-refractivity contribution in [1.29, 1.82) is 0 Å². The van der Waals surface area contributed by atoms with Gasteiger partial charge < -0.3 is 4.74 Å². The first kappa shape index (κ1) is 14.2. The summed E-state index contributed by atoms with van der Waals surface area (Å²) in [7, 11) is 0. The molecule has 3 heteroatoms. The molecular weight excluding hydrogens is 280 g/mol. The number of hydrogen-bond donors (Lipinski definition) is 0. The Balaban J connectivity index is 2.93. The summed E-state index contributed by atoms with van der Waals surface area (Å²) in [5, 5.41) is 0. The number of benzene rings is 1. The van der Waals surface area contributed by atoms with Crippen LogP contribution in [0.1, 0.15) is 44.0 Å². The van der Waals surface area contributed by atoms with Crippen LogP contribution in [0.15, 0.2) is 22.7 Å². The maximum absolute atomic E-state index is 12.2. The Morgan fingerprint density at radius 1 is 1.41 bits per heavy atom. The van der Waals surface area contributed by atoms with Gasteiger partial charge >= 0.3 is 0 Å². The third kappa shape index (κ3) is 4.15. The highest BCUT2D eigenvalue weighted by molar-refractivity contribution is 9.10. The number of hydrogen-bond acceptors (Lipinski definition) is 2. The second-order valence-corrected chi connectivity index (χ2v) is 5.13. The number of halogens is 1. The molecule has 1 aromatic rings. The Labute approximate surface area is 111 Å². The predicted octanol–water partition coefficient (Wildman–Crippen LogP) is 4.47. The third-order valence-electron chi connectivity index (χ3n) is 2.77. The summed E-state index contributed by atoms with van der Waals surface area (Å²) in [4.78, 5) is 12.2. The van der Waals surface area contributed by atoms with Gasteiger partial charge in [-0.1, -0.05) is 36.2 Å². The minimum absolute atomic E-state index is 0.157. The van der Waals surface area contributed by atoms with E-state index in [0.29, 0.717) is 30.3 Å². The van der Waals surface area contributed by atoms with Gasteiger partial charge in [0.15, 0.2) is 5.78 Å². The van der Waals surface area contributed by atoms with Crippen molar-refractivity contribution in [3.05, 3.63) is 28.2 Å². The van der Waals surface area contributed by atoms with E-state index in [1.165, 1.54) is 0 Å². The Bertz CT molecular complexity index is 388. The first-order chi connectivity index (χ1) is 8.08. The smallest absolute Gasteiger partial charge is 0.166 e. The van der Waals surface area contributed by atoms with Crippen LogP contribution in [0.25, 0.3) is 0 Å². The number of Topliss-reactive ketones (excluding diaryl/α,β-unsaturated/α-hetero) is 1. The molecule has 0 radical (unpaired) electrons. The first-order valence-corrected chi connectivity index (χ1v) is 6.83. The van der Waals surface area contributed by atoms with Crippen LogP contribution in [0.4, 0.5) is 0 Å². The normalized spacial score (nSPS) is 12.2. The second kappa shape index (κ2) is 6.80. The molecule has 0 heterocycles. The van der Waals surface area contributed by atoms with E-state index in [4.69, 9.17) is 4.74 Å². The largest absolute Gasteiger partial charge is 0.493 e. The van der Waals surface area contributed by atoms with Gasteiger partial charge in [-0.05, 0) is 31.0 Å². The van der Waals surface area contributed by atoms with E-state index in [0.717, 1.165) is 10.9 Å². The minimum Gasteiger partial charge on any atom is -0.493 e. The van der Waals surface area contributed by atoms with Crippen LogP contribution in [-0.2, 0) is 0 Å². The maximum Gasteiger partial charge on any atom is 0.166 e. The van der Waals surface area contributed by atoms with Crippen molar-refractivity contribution >= 4 is 21.7 Å². The standard InChI is InChI=1S/C14H19BrO2/c1-4-10(3)8-13(16)12-9-11(15)6-7-14(12)17-5-2/h6-7,9-10H,4-5,8H2,1-3H3. The van der Waals surface area contributed by atoms with Crippen LogP contribution in [0, 0.1) is 5.92 Å². The van der Waals surface area contributed by atoms with Crippen molar-refractivity contribution in [3.8, 4) is 5.75 Å². The van der Waals surface area contributed by atoms with Gasteiger partial charge in [-0.2, -0.15) is 0 Å². The number of carbonyl (C=O) groups is 1. The monoisotopic (exact) mass is 298 g/mol. The van der Waals surface area contributed by atoms with Gasteiger partial charge in [-0.25, -0.2) is 0 Å². The fourth-order valence-electron chi connectivity index (χ4n) is 1.57. The van der Waals surface area contributed by atoms with E-state index in [-0.39, 0.29) is 5.78 Å². The Morgan fingerprint density at radius 3 is 2.71 bits per heavy atom. The zero-order chi connectivity index (χ0) is 12.8. The number of ether oxygens (including phenoxy) is 1. The lowest BCUT2D eigenvalue weighted by Gasteiger charge is -2.12. The van der Waals surface area contributed by atoms with Gasteiger partial charge in [0.05, 0.1) is 12.2 Å². The fraction of sp³-hybridized carbons (Fsp3) is 0.500. The van der Waals surface area contributed by atoms with E-state index >= 15 is 0 Å². The zero-order valence-electron chi connectivity index (χ0n) is 10.6. The molecule has 0 saturated heterocycles. The average molecular weight is 299 g/mol. The highest BCUT2D eigenvalue weighted by Crippen LogP contribution is 2.26. The number of carbonyl (C=O) groups excluding carboxylic acids is 1. The van der Waals surface area contributed by atoms with E-state index in [1.807, 2.05) is 25.1 Å². The molecule has 0 N–H and O–H groups in total. The Kier molecular flexibility index (Phi) is 5.69. The van der Waals surface area contributed by atoms with Crippen LogP contribution in [-0.4, -0.2) is 12.4 Å². The molecule has 0 fully saturated rings. The molecule has 94 valence electrons. The molecule has 17 heavy (non-hydrogen) atoms. The molecule has 0 aliphatic heterocycles. The van der Waals surface area contributed by atoms with Crippen molar-refractivity contribution in [2.24, 2.45) is 5.92 Å². The highest BCUT2D eigenvalue weighted by atomic mass is 79.9. The topological polar surface area (TPSA) is 26.3 Å². The fourth-order valence-corrected chi connectivity index (χ4v) is 1.93. The van der Waals surface area contributed by atoms with Crippen molar-refractivity contribution < 1.29 is 9.53 Å². The van der Waals surface area contributed by atoms with E-state index in [1.54, 1.807) is 0 Å². The summed E-state index contributed by atoms with van der Waals surface area (Å²) in [6, 6.07) is 5.58. The summed E-state index contributed by atoms with van der Waals surface area (Å²) in [6.45, 7) is 6.69. The quantitative estimate of drug-likeness (QED) is 0.725. The molecule has 1 unspecified atom stereocenters. The second-order valence-electron chi connectivity index (χ2n) is 4.21. The summed E-state index contributed by atoms with van der Waals surface area (Å²) in [5.74, 6) is 1.25. The number of ketones is 1. The van der Waals surface area contributed by atoms with Crippen molar-refractivity contribution in [2.75, 3.05) is 6.61 Å². The van der Waals surface area contributed by atoms with E-state index in [9.17, 15) is 4.79 Å². The van der Waals surface area contributed by atoms with Crippen LogP contribution in [0.2, 0.25) is 0 Å². The average Bonchev–Trinajstić information content (AvgIpc) is 2.31. The lowest BCUT2D eigenvalue weighted by atomic mass is 9.97. The highest BCUT2D eigenvalue weighted by Gasteiger charge is 2.15. The van der Waals surface area contributed by atoms with Gasteiger partial charge in [0.25, 0.3) is 0 Å². The molecule has 0 bridgehead atoms. The molecule has 1 atom stereocenters. The Morgan fingerprint density at radius 2 is 2.12 bits per heavy atom. The van der Waals surface area contributed by atoms with Gasteiger partial charge in [0.1, 0.15) is 5.75 Å². The van der Waals surface area contributed by atoms with Crippen molar-refractivity contribution in [1.82, 2.24) is 0 Å². The summed E-state index contributed by atoms with van der Waals surface area (Å²) in [5.41, 5.74) is 0.682. The van der Waals surface area contributed by atoms with Gasteiger partial charge in [-0.3, -0.25) is 4.79 Å². The van der Waals surface area contributed by atoms with Gasteiger partial charge in [0.2, 0.25) is 0 Å². The molecule has 0 spiro atoms. The van der Waals surface area contributed by atoms with Gasteiger partial charge in [0, 0.05) is 10.9 Å². The number of rotatable bonds is 6. The van der Waals surface area contributed by atoms with E-state index in [2.05, 4.69) is 29.8 Å². The molecule has 0 aromatic heterocycles. The first-order valence-electron chi connectivity index (χ1n) is 6.04. The Hall–Kier alpha value is -0.830. The zero-order valence-corrected chi connectivity index (χ0v) is 12.2. The van der Waals surface area contributed by atoms with Crippen LogP contribution in [0.5, 0.6) is 5.75 Å². The molecule has 0 aliphatic carbocycles. The molecule has 2 nitrogen and oxygen atoms in total. The lowest BCUT2D eigenvalue weighted by Crippen LogP contribution is -2.08. The third-order valence-corrected chi connectivity index (χ3v) is 3.27. The summed E-state index contributed by atoms with van der Waals surface area (Å²) >= 11 is 3.39. The van der Waals surface area contributed by atoms with Crippen LogP contribution >= 0.6 is 15.9 Å². The molecular formula is C14H19BrO2. The molecule has 1 aromatic carbocycles. The molecule has 0 aliphatic rings. The van der Waals surface area contributed by atoms with Crippen LogP contribution < -0.4 is 4.74 Å². The van der Waals surface area contributed by atoms with Gasteiger partial charge in [-0.15, -0.1) is 0 Å². The molecule has 1 rings (SSSR count). The maximum atomic E-state index is 12.2. The summed E-state index contributed by atoms with van der Waals surface area (Å²) in [6.07, 6.45) is 1.59. The molecule has 0 saturated carbocycles. The molecule has 0 amide bonds. The lowest BCUT2D eigenvalue weighted by molar-refractivity contribution is 0.0960. The van der Waals surface area contributed by atoms with E-state index < -0.39 is 0 Å². The van der Waals surface area contributed by atoms with Crippen molar-refractivity contribution in [3.63, 3.8) is 0 Å².